The van der Waals surface area contributed by atoms with Crippen LogP contribution < -0.4 is 16.0 Å². The van der Waals surface area contributed by atoms with Crippen molar-refractivity contribution >= 4 is 29.1 Å². The van der Waals surface area contributed by atoms with Crippen LogP contribution in [0.3, 0.4) is 0 Å². The Morgan fingerprint density at radius 3 is 1.85 bits per heavy atom. The fourth-order valence-electron chi connectivity index (χ4n) is 4.17. The smallest absolute Gasteiger partial charge is 0.272 e. The number of carbonyl (C=O) groups excluding carboxylic acids is 3. The quantitative estimate of drug-likeness (QED) is 0.217. The minimum absolute atomic E-state index is 0.202. The van der Waals surface area contributed by atoms with Crippen molar-refractivity contribution in [2.75, 3.05) is 37.8 Å². The second kappa shape index (κ2) is 13.3. The Bertz CT molecular complexity index is 1590. The third-order valence-electron chi connectivity index (χ3n) is 6.33. The maximum Gasteiger partial charge on any atom is 0.272 e. The number of rotatable bonds is 9. The monoisotopic (exact) mass is 550 g/mol. The highest BCUT2D eigenvalue weighted by molar-refractivity contribution is 6.07. The second-order valence-electron chi connectivity index (χ2n) is 9.96. The highest BCUT2D eigenvalue weighted by atomic mass is 16.2. The molecule has 0 aliphatic rings. The van der Waals surface area contributed by atoms with Gasteiger partial charge in [0.15, 0.2) is 0 Å². The van der Waals surface area contributed by atoms with E-state index in [0.717, 1.165) is 24.1 Å². The van der Waals surface area contributed by atoms with Crippen LogP contribution in [0.1, 0.15) is 48.9 Å². The third kappa shape index (κ3) is 7.97. The third-order valence-corrected chi connectivity index (χ3v) is 6.33. The molecule has 0 fully saturated rings. The van der Waals surface area contributed by atoms with Crippen molar-refractivity contribution < 1.29 is 14.4 Å². The molecule has 0 spiro atoms. The lowest BCUT2D eigenvalue weighted by molar-refractivity contribution is 0.0942. The van der Waals surface area contributed by atoms with E-state index in [1.807, 2.05) is 44.4 Å². The largest absolute Gasteiger partial charge is 0.351 e. The van der Waals surface area contributed by atoms with Crippen molar-refractivity contribution in [3.05, 3.63) is 107 Å². The van der Waals surface area contributed by atoms with Gasteiger partial charge in [0, 0.05) is 49.7 Å². The van der Waals surface area contributed by atoms with E-state index in [1.165, 1.54) is 0 Å². The van der Waals surface area contributed by atoms with E-state index in [1.54, 1.807) is 72.0 Å². The average Bonchev–Trinajstić information content (AvgIpc) is 3.51. The number of hydrogen-bond acceptors (Lipinski definition) is 4. The lowest BCUT2D eigenvalue weighted by atomic mass is 10.1. The topological polar surface area (TPSA) is 100 Å². The van der Waals surface area contributed by atoms with Crippen LogP contribution in [0.5, 0.6) is 0 Å². The summed E-state index contributed by atoms with van der Waals surface area (Å²) >= 11 is 0. The van der Waals surface area contributed by atoms with Gasteiger partial charge in [-0.05, 0) is 75.6 Å². The molecule has 0 atom stereocenters. The summed E-state index contributed by atoms with van der Waals surface area (Å²) in [5, 5.41) is 8.58. The summed E-state index contributed by atoms with van der Waals surface area (Å²) in [5.74, 6) is 5.33. The zero-order valence-electron chi connectivity index (χ0n) is 23.7. The van der Waals surface area contributed by atoms with E-state index in [4.69, 9.17) is 0 Å². The van der Waals surface area contributed by atoms with Gasteiger partial charge in [-0.3, -0.25) is 14.4 Å². The molecule has 210 valence electrons. The van der Waals surface area contributed by atoms with Crippen LogP contribution in [0.2, 0.25) is 0 Å². The molecule has 9 heteroatoms. The first-order chi connectivity index (χ1) is 19.7. The molecular weight excluding hydrogens is 516 g/mol. The molecule has 4 rings (SSSR count). The molecule has 3 N–H and O–H groups in total. The first kappa shape index (κ1) is 28.9. The van der Waals surface area contributed by atoms with Crippen LogP contribution in [0.4, 0.5) is 11.4 Å². The summed E-state index contributed by atoms with van der Waals surface area (Å²) in [5.41, 5.74) is 3.98. The van der Waals surface area contributed by atoms with E-state index in [9.17, 15) is 14.4 Å². The Kier molecular flexibility index (Phi) is 9.40. The number of nitrogens with one attached hydrogen (secondary N) is 3. The predicted octanol–water partition coefficient (Wildman–Crippen LogP) is 3.95. The lowest BCUT2D eigenvalue weighted by Gasteiger charge is -2.10. The van der Waals surface area contributed by atoms with Gasteiger partial charge in [0.2, 0.25) is 0 Å². The van der Waals surface area contributed by atoms with Crippen molar-refractivity contribution in [1.82, 2.24) is 19.4 Å². The Labute approximate surface area is 240 Å². The number of carbonyl (C=O) groups is 3. The van der Waals surface area contributed by atoms with Crippen molar-refractivity contribution in [1.29, 1.82) is 0 Å². The number of hydrogen-bond donors (Lipinski definition) is 3. The Hall–Kier alpha value is -5.07. The molecule has 0 unspecified atom stereocenters. The highest BCUT2D eigenvalue weighted by Gasteiger charge is 2.17. The number of anilines is 2. The summed E-state index contributed by atoms with van der Waals surface area (Å²) in [6.07, 6.45) is 4.20. The van der Waals surface area contributed by atoms with E-state index in [-0.39, 0.29) is 17.7 Å². The molecule has 2 heterocycles. The molecule has 0 aliphatic carbocycles. The zero-order valence-corrected chi connectivity index (χ0v) is 23.7. The molecule has 2 aromatic carbocycles. The molecule has 0 bridgehead atoms. The van der Waals surface area contributed by atoms with Crippen LogP contribution in [0.15, 0.2) is 79.1 Å². The summed E-state index contributed by atoms with van der Waals surface area (Å²) in [7, 11) is 7.45. The van der Waals surface area contributed by atoms with E-state index in [2.05, 4.69) is 32.7 Å². The summed E-state index contributed by atoms with van der Waals surface area (Å²) in [6.45, 7) is 1.44. The van der Waals surface area contributed by atoms with Crippen molar-refractivity contribution in [3.8, 4) is 11.8 Å². The van der Waals surface area contributed by atoms with Gasteiger partial charge in [0.1, 0.15) is 11.4 Å². The summed E-state index contributed by atoms with van der Waals surface area (Å²) < 4.78 is 3.31. The minimum atomic E-state index is -0.363. The number of amides is 3. The minimum Gasteiger partial charge on any atom is -0.351 e. The molecule has 0 radical (unpaired) electrons. The van der Waals surface area contributed by atoms with E-state index >= 15 is 0 Å². The van der Waals surface area contributed by atoms with Gasteiger partial charge in [-0.1, -0.05) is 30.0 Å². The molecule has 4 aromatic rings. The van der Waals surface area contributed by atoms with Crippen LogP contribution in [0.25, 0.3) is 0 Å². The lowest BCUT2D eigenvalue weighted by Crippen LogP contribution is -2.28. The Morgan fingerprint density at radius 1 is 0.732 bits per heavy atom. The Balaban J connectivity index is 1.35. The van der Waals surface area contributed by atoms with Crippen molar-refractivity contribution in [2.45, 2.75) is 6.42 Å². The molecule has 9 nitrogen and oxygen atoms in total. The molecule has 0 saturated heterocycles. The molecule has 2 aromatic heterocycles. The van der Waals surface area contributed by atoms with Gasteiger partial charge in [0.25, 0.3) is 17.7 Å². The second-order valence-corrected chi connectivity index (χ2v) is 9.96. The fourth-order valence-corrected chi connectivity index (χ4v) is 4.17. The number of benzene rings is 2. The van der Waals surface area contributed by atoms with E-state index < -0.39 is 0 Å². The first-order valence-corrected chi connectivity index (χ1v) is 13.2. The van der Waals surface area contributed by atoms with Gasteiger partial charge in [0.05, 0.1) is 11.4 Å². The Morgan fingerprint density at radius 2 is 1.27 bits per heavy atom. The van der Waals surface area contributed by atoms with Gasteiger partial charge < -0.3 is 30.0 Å². The molecule has 0 saturated carbocycles. The highest BCUT2D eigenvalue weighted by Crippen LogP contribution is 2.18. The standard InChI is InChI=1S/C32H34N6O3/c1-36(2)18-8-17-33-31(40)28-19-27(22-37(28)3)35-32(41)29-20-26(21-38(29)4)34-30(39)25-15-13-24(14-16-25)12-11-23-9-6-5-7-10-23/h5-7,9-10,13-16,19-22H,8,17-18H2,1-4H3,(H,33,40)(H,34,39)(H,35,41). The number of aryl methyl sites for hydroxylation is 2. The zero-order chi connectivity index (χ0) is 29.4. The molecule has 0 aliphatic heterocycles. The molecule has 3 amide bonds. The maximum absolute atomic E-state index is 13.0. The van der Waals surface area contributed by atoms with Crippen LogP contribution >= 0.6 is 0 Å². The van der Waals surface area contributed by atoms with Crippen LogP contribution in [-0.4, -0.2) is 58.9 Å². The van der Waals surface area contributed by atoms with Crippen LogP contribution in [-0.2, 0) is 14.1 Å². The summed E-state index contributed by atoms with van der Waals surface area (Å²) in [6, 6.07) is 20.0. The first-order valence-electron chi connectivity index (χ1n) is 13.2. The fraction of sp³-hybridized carbons (Fsp3) is 0.219. The molecular formula is C32H34N6O3. The number of nitrogens with zero attached hydrogens (tertiary/aromatic N) is 3. The van der Waals surface area contributed by atoms with E-state index in [0.29, 0.717) is 34.9 Å². The van der Waals surface area contributed by atoms with Gasteiger partial charge in [-0.2, -0.15) is 0 Å². The summed E-state index contributed by atoms with van der Waals surface area (Å²) in [4.78, 5) is 40.4. The van der Waals surface area contributed by atoms with Crippen molar-refractivity contribution in [3.63, 3.8) is 0 Å². The van der Waals surface area contributed by atoms with Crippen molar-refractivity contribution in [2.24, 2.45) is 14.1 Å². The molecule has 41 heavy (non-hydrogen) atoms. The predicted molar refractivity (Wildman–Crippen MR) is 161 cm³/mol. The van der Waals surface area contributed by atoms with Gasteiger partial charge >= 0.3 is 0 Å². The van der Waals surface area contributed by atoms with Gasteiger partial charge in [-0.25, -0.2) is 0 Å². The maximum atomic E-state index is 13.0. The number of aromatic nitrogens is 2. The normalized spacial score (nSPS) is 10.6. The average molecular weight is 551 g/mol. The SMILES string of the molecule is CN(C)CCCNC(=O)c1cc(NC(=O)c2cc(NC(=O)c3ccc(C#Cc4ccccc4)cc3)cn2C)cn1C. The van der Waals surface area contributed by atoms with Gasteiger partial charge in [-0.15, -0.1) is 0 Å². The van der Waals surface area contributed by atoms with Crippen LogP contribution in [0, 0.1) is 11.8 Å².